The molecule has 0 atom stereocenters. The summed E-state index contributed by atoms with van der Waals surface area (Å²) in [6.45, 7) is 5.82. The Balaban J connectivity index is 3.12. The van der Waals surface area contributed by atoms with Crippen LogP contribution in [-0.4, -0.2) is 12.6 Å². The Morgan fingerprint density at radius 3 is 2.88 bits per heavy atom. The highest BCUT2D eigenvalue weighted by molar-refractivity contribution is 14.1. The second kappa shape index (κ2) is 5.89. The average Bonchev–Trinajstić information content (AvgIpc) is 2.25. The quantitative estimate of drug-likeness (QED) is 0.399. The molecule has 3 nitrogen and oxygen atoms in total. The topological polar surface area (TPSA) is 52.3 Å². The zero-order valence-corrected chi connectivity index (χ0v) is 11.3. The van der Waals surface area contributed by atoms with Crippen LogP contribution >= 0.6 is 22.6 Å². The predicted octanol–water partition coefficient (Wildman–Crippen LogP) is 2.78. The lowest BCUT2D eigenvalue weighted by molar-refractivity contribution is 0.0526. The third kappa shape index (κ3) is 2.98. The molecule has 0 unspecified atom stereocenters. The summed E-state index contributed by atoms with van der Waals surface area (Å²) in [6, 6.07) is 3.50. The molecule has 0 heterocycles. The fourth-order valence-corrected chi connectivity index (χ4v) is 2.01. The first-order valence-electron chi connectivity index (χ1n) is 4.96. The normalized spacial score (nSPS) is 9.88. The van der Waals surface area contributed by atoms with Crippen molar-refractivity contribution in [3.63, 3.8) is 0 Å². The average molecular weight is 331 g/mol. The van der Waals surface area contributed by atoms with Crippen LogP contribution in [0.5, 0.6) is 0 Å². The summed E-state index contributed by atoms with van der Waals surface area (Å²) in [4.78, 5) is 11.6. The van der Waals surface area contributed by atoms with Crippen LogP contribution in [0.2, 0.25) is 0 Å². The van der Waals surface area contributed by atoms with Crippen LogP contribution in [0.4, 0.5) is 5.69 Å². The summed E-state index contributed by atoms with van der Waals surface area (Å²) < 4.78 is 5.81. The molecule has 0 radical (unpaired) electrons. The van der Waals surface area contributed by atoms with E-state index in [2.05, 4.69) is 29.2 Å². The SMILES string of the molecule is C=CCc1cc(C(=O)OCC)cc(I)c1N. The number of nitrogens with two attached hydrogens (primary N) is 1. The maximum absolute atomic E-state index is 11.6. The van der Waals surface area contributed by atoms with E-state index >= 15 is 0 Å². The van der Waals surface area contributed by atoms with E-state index in [4.69, 9.17) is 10.5 Å². The lowest BCUT2D eigenvalue weighted by Gasteiger charge is -2.09. The van der Waals surface area contributed by atoms with E-state index in [1.807, 2.05) is 0 Å². The zero-order valence-electron chi connectivity index (χ0n) is 9.13. The number of benzene rings is 1. The molecule has 0 saturated heterocycles. The van der Waals surface area contributed by atoms with Gasteiger partial charge in [-0.1, -0.05) is 6.08 Å². The standard InChI is InChI=1S/C12H14INO2/c1-3-5-8-6-9(12(15)16-4-2)7-10(13)11(8)14/h3,6-7H,1,4-5,14H2,2H3. The molecule has 4 heteroatoms. The third-order valence-corrected chi connectivity index (χ3v) is 2.98. The van der Waals surface area contributed by atoms with E-state index in [1.54, 1.807) is 25.1 Å². The molecule has 0 aromatic heterocycles. The van der Waals surface area contributed by atoms with Crippen LogP contribution < -0.4 is 5.73 Å². The van der Waals surface area contributed by atoms with Crippen molar-refractivity contribution in [1.82, 2.24) is 0 Å². The molecule has 0 amide bonds. The van der Waals surface area contributed by atoms with Gasteiger partial charge in [-0.3, -0.25) is 0 Å². The lowest BCUT2D eigenvalue weighted by atomic mass is 10.1. The summed E-state index contributed by atoms with van der Waals surface area (Å²) in [7, 11) is 0. The molecule has 0 bridgehead atoms. The van der Waals surface area contributed by atoms with E-state index in [1.165, 1.54) is 0 Å². The first kappa shape index (κ1) is 13.0. The zero-order chi connectivity index (χ0) is 12.1. The summed E-state index contributed by atoms with van der Waals surface area (Å²) in [5.74, 6) is -0.314. The maximum atomic E-state index is 11.6. The van der Waals surface area contributed by atoms with Gasteiger partial charge in [0.05, 0.1) is 12.2 Å². The van der Waals surface area contributed by atoms with Gasteiger partial charge < -0.3 is 10.5 Å². The van der Waals surface area contributed by atoms with Gasteiger partial charge in [-0.2, -0.15) is 0 Å². The van der Waals surface area contributed by atoms with Crippen LogP contribution in [0.1, 0.15) is 22.8 Å². The number of allylic oxidation sites excluding steroid dienone is 1. The molecule has 1 aromatic rings. The number of hydrogen-bond acceptors (Lipinski definition) is 3. The van der Waals surface area contributed by atoms with Crippen molar-refractivity contribution in [3.05, 3.63) is 39.5 Å². The van der Waals surface area contributed by atoms with Crippen LogP contribution in [0.25, 0.3) is 0 Å². The third-order valence-electron chi connectivity index (χ3n) is 2.09. The molecule has 1 rings (SSSR count). The molecule has 0 aliphatic rings. The minimum Gasteiger partial charge on any atom is -0.462 e. The molecule has 0 saturated carbocycles. The Kier molecular flexibility index (Phi) is 4.79. The highest BCUT2D eigenvalue weighted by Gasteiger charge is 2.11. The van der Waals surface area contributed by atoms with Gasteiger partial charge in [0.1, 0.15) is 0 Å². The lowest BCUT2D eigenvalue weighted by Crippen LogP contribution is -2.07. The molecule has 86 valence electrons. The second-order valence-electron chi connectivity index (χ2n) is 3.24. The number of carbonyl (C=O) groups excluding carboxylic acids is 1. The summed E-state index contributed by atoms with van der Waals surface area (Å²) in [5.41, 5.74) is 8.05. The Morgan fingerprint density at radius 2 is 2.31 bits per heavy atom. The van der Waals surface area contributed by atoms with E-state index in [-0.39, 0.29) is 5.97 Å². The Hall–Kier alpha value is -1.04. The first-order valence-corrected chi connectivity index (χ1v) is 6.04. The number of ether oxygens (including phenoxy) is 1. The number of hydrogen-bond donors (Lipinski definition) is 1. The molecule has 0 aliphatic heterocycles. The van der Waals surface area contributed by atoms with Crippen molar-refractivity contribution in [3.8, 4) is 0 Å². The van der Waals surface area contributed by atoms with Crippen molar-refractivity contribution in [2.75, 3.05) is 12.3 Å². The van der Waals surface area contributed by atoms with Gasteiger partial charge in [0, 0.05) is 9.26 Å². The number of rotatable bonds is 4. The summed E-state index contributed by atoms with van der Waals surface area (Å²) in [5, 5.41) is 0. The first-order chi connectivity index (χ1) is 7.60. The minimum absolute atomic E-state index is 0.314. The van der Waals surface area contributed by atoms with Gasteiger partial charge in [-0.25, -0.2) is 4.79 Å². The molecule has 0 aliphatic carbocycles. The molecular formula is C12H14INO2. The van der Waals surface area contributed by atoms with Gasteiger partial charge in [0.15, 0.2) is 0 Å². The summed E-state index contributed by atoms with van der Waals surface area (Å²) >= 11 is 2.11. The van der Waals surface area contributed by atoms with Gasteiger partial charge in [-0.05, 0) is 53.6 Å². The molecule has 16 heavy (non-hydrogen) atoms. The monoisotopic (exact) mass is 331 g/mol. The highest BCUT2D eigenvalue weighted by atomic mass is 127. The molecular weight excluding hydrogens is 317 g/mol. The largest absolute Gasteiger partial charge is 0.462 e. The van der Waals surface area contributed by atoms with Crippen molar-refractivity contribution < 1.29 is 9.53 Å². The van der Waals surface area contributed by atoms with Crippen LogP contribution in [0, 0.1) is 3.57 Å². The van der Waals surface area contributed by atoms with Crippen LogP contribution in [0.3, 0.4) is 0 Å². The van der Waals surface area contributed by atoms with Crippen molar-refractivity contribution in [1.29, 1.82) is 0 Å². The smallest absolute Gasteiger partial charge is 0.338 e. The number of carbonyl (C=O) groups is 1. The number of anilines is 1. The van der Waals surface area contributed by atoms with Crippen LogP contribution in [0.15, 0.2) is 24.8 Å². The van der Waals surface area contributed by atoms with Crippen molar-refractivity contribution in [2.45, 2.75) is 13.3 Å². The van der Waals surface area contributed by atoms with Crippen LogP contribution in [-0.2, 0) is 11.2 Å². The maximum Gasteiger partial charge on any atom is 0.338 e. The highest BCUT2D eigenvalue weighted by Crippen LogP contribution is 2.23. The number of nitrogen functional groups attached to an aromatic ring is 1. The fourth-order valence-electron chi connectivity index (χ4n) is 1.33. The van der Waals surface area contributed by atoms with E-state index in [0.717, 1.165) is 9.13 Å². The number of halogens is 1. The predicted molar refractivity (Wildman–Crippen MR) is 73.4 cm³/mol. The second-order valence-corrected chi connectivity index (χ2v) is 4.41. The van der Waals surface area contributed by atoms with Gasteiger partial charge in [-0.15, -0.1) is 6.58 Å². The Labute approximate surface area is 109 Å². The fraction of sp³-hybridized carbons (Fsp3) is 0.250. The van der Waals surface area contributed by atoms with Crippen molar-refractivity contribution in [2.24, 2.45) is 0 Å². The van der Waals surface area contributed by atoms with E-state index in [0.29, 0.717) is 24.3 Å². The number of esters is 1. The van der Waals surface area contributed by atoms with E-state index < -0.39 is 0 Å². The Bertz CT molecular complexity index is 416. The Morgan fingerprint density at radius 1 is 1.62 bits per heavy atom. The minimum atomic E-state index is -0.314. The van der Waals surface area contributed by atoms with Gasteiger partial charge in [0.25, 0.3) is 0 Å². The van der Waals surface area contributed by atoms with Gasteiger partial charge >= 0.3 is 5.97 Å². The van der Waals surface area contributed by atoms with Crippen molar-refractivity contribution >= 4 is 34.2 Å². The van der Waals surface area contributed by atoms with E-state index in [9.17, 15) is 4.79 Å². The molecule has 1 aromatic carbocycles. The molecule has 2 N–H and O–H groups in total. The molecule has 0 fully saturated rings. The van der Waals surface area contributed by atoms with Gasteiger partial charge in [0.2, 0.25) is 0 Å². The summed E-state index contributed by atoms with van der Waals surface area (Å²) in [6.07, 6.45) is 2.41. The molecule has 0 spiro atoms.